The van der Waals surface area contributed by atoms with Gasteiger partial charge >= 0.3 is 12.2 Å². The zero-order valence-corrected chi connectivity index (χ0v) is 19.5. The van der Waals surface area contributed by atoms with Crippen molar-refractivity contribution in [3.63, 3.8) is 0 Å². The van der Waals surface area contributed by atoms with Gasteiger partial charge in [-0.3, -0.25) is 14.1 Å². The van der Waals surface area contributed by atoms with E-state index in [1.807, 2.05) is 0 Å². The van der Waals surface area contributed by atoms with Crippen LogP contribution >= 0.6 is 22.9 Å². The molecular weight excluding hydrogens is 513 g/mol. The number of aryl methyl sites for hydroxylation is 1. The number of alkyl halides is 3. The minimum atomic E-state index is -4.59. The third kappa shape index (κ3) is 4.98. The van der Waals surface area contributed by atoms with E-state index in [2.05, 4.69) is 15.0 Å². The molecule has 0 aliphatic rings. The minimum absolute atomic E-state index is 0.154. The Balaban J connectivity index is 1.57. The number of nitrogens with zero attached hydrogens (tertiary/aromatic N) is 2. The number of hydrogen-bond donors (Lipinski definition) is 2. The second kappa shape index (κ2) is 9.20. The maximum atomic E-state index is 13.1. The summed E-state index contributed by atoms with van der Waals surface area (Å²) in [6.07, 6.45) is -4.59. The monoisotopic (exact) mass is 526 g/mol. The predicted octanol–water partition coefficient (Wildman–Crippen LogP) is 5.27. The van der Waals surface area contributed by atoms with Crippen LogP contribution in [0.2, 0.25) is 4.34 Å². The van der Waals surface area contributed by atoms with Crippen molar-refractivity contribution in [2.45, 2.75) is 17.3 Å². The van der Waals surface area contributed by atoms with Crippen molar-refractivity contribution >= 4 is 56.5 Å². The highest BCUT2D eigenvalue weighted by Gasteiger charge is 2.31. The summed E-state index contributed by atoms with van der Waals surface area (Å²) in [7, 11) is -1.79. The Morgan fingerprint density at radius 3 is 2.44 bits per heavy atom. The van der Waals surface area contributed by atoms with Crippen LogP contribution < -0.4 is 15.6 Å². The molecule has 176 valence electrons. The van der Waals surface area contributed by atoms with Gasteiger partial charge in [-0.1, -0.05) is 11.6 Å². The van der Waals surface area contributed by atoms with Crippen LogP contribution in [0.3, 0.4) is 0 Å². The molecule has 0 aliphatic heterocycles. The quantitative estimate of drug-likeness (QED) is 0.379. The molecule has 0 fully saturated rings. The van der Waals surface area contributed by atoms with E-state index < -0.39 is 34.3 Å². The molecule has 0 radical (unpaired) electrons. The van der Waals surface area contributed by atoms with Gasteiger partial charge in [-0.15, -0.1) is 11.3 Å². The summed E-state index contributed by atoms with van der Waals surface area (Å²) < 4.78 is 55.7. The molecule has 4 rings (SSSR count). The van der Waals surface area contributed by atoms with E-state index in [-0.39, 0.29) is 16.7 Å². The molecule has 2 amide bonds. The zero-order valence-electron chi connectivity index (χ0n) is 17.1. The maximum Gasteiger partial charge on any atom is 0.416 e. The van der Waals surface area contributed by atoms with Crippen LogP contribution in [-0.2, 0) is 17.2 Å². The highest BCUT2D eigenvalue weighted by Crippen LogP contribution is 2.30. The number of rotatable bonds is 4. The fraction of sp³-hybridized carbons (Fsp3) is 0.0952. The van der Waals surface area contributed by atoms with Gasteiger partial charge in [0.1, 0.15) is 10.0 Å². The van der Waals surface area contributed by atoms with Crippen LogP contribution in [-0.4, -0.2) is 19.8 Å². The van der Waals surface area contributed by atoms with Crippen molar-refractivity contribution in [2.24, 2.45) is 0 Å². The molecule has 1 atom stereocenters. The minimum Gasteiger partial charge on any atom is -0.307 e. The Kier molecular flexibility index (Phi) is 6.47. The fourth-order valence-corrected chi connectivity index (χ4v) is 5.28. The molecule has 13 heteroatoms. The Labute approximate surface area is 201 Å². The van der Waals surface area contributed by atoms with Crippen LogP contribution in [0, 0.1) is 6.92 Å². The van der Waals surface area contributed by atoms with Gasteiger partial charge in [-0.25, -0.2) is 14.0 Å². The lowest BCUT2D eigenvalue weighted by Crippen LogP contribution is -2.30. The molecule has 4 aromatic rings. The van der Waals surface area contributed by atoms with Gasteiger partial charge in [-0.2, -0.15) is 13.2 Å². The van der Waals surface area contributed by atoms with Crippen LogP contribution in [0.4, 0.5) is 23.7 Å². The normalized spacial score (nSPS) is 12.5. The summed E-state index contributed by atoms with van der Waals surface area (Å²) in [4.78, 5) is 29.4. The maximum absolute atomic E-state index is 13.1. The first-order valence-corrected chi connectivity index (χ1v) is 11.8. The predicted molar refractivity (Wildman–Crippen MR) is 125 cm³/mol. The number of anilines is 1. The van der Waals surface area contributed by atoms with E-state index in [1.54, 1.807) is 13.0 Å². The Bertz CT molecular complexity index is 1480. The summed E-state index contributed by atoms with van der Waals surface area (Å²) in [6.45, 7) is 1.56. The van der Waals surface area contributed by atoms with Gasteiger partial charge in [-0.05, 0) is 61.5 Å². The number of carbonyl (C=O) groups excluding carboxylic acids is 1. The average molecular weight is 527 g/mol. The number of halogens is 4. The van der Waals surface area contributed by atoms with E-state index in [4.69, 9.17) is 11.6 Å². The summed E-state index contributed by atoms with van der Waals surface area (Å²) in [5.41, 5.74) is -0.765. The summed E-state index contributed by atoms with van der Waals surface area (Å²) in [6, 6.07) is 11.2. The molecule has 7 nitrogen and oxygen atoms in total. The van der Waals surface area contributed by atoms with Crippen LogP contribution in [0.25, 0.3) is 16.6 Å². The number of nitrogens with one attached hydrogen (secondary N) is 2. The third-order valence-electron chi connectivity index (χ3n) is 4.66. The molecule has 2 aromatic carbocycles. The number of hydrogen-bond acceptors (Lipinski definition) is 5. The molecule has 0 aliphatic carbocycles. The molecular formula is C21H14ClF3N4O3S2. The van der Waals surface area contributed by atoms with Gasteiger partial charge in [0.25, 0.3) is 5.56 Å². The van der Waals surface area contributed by atoms with E-state index in [0.717, 1.165) is 29.5 Å². The summed E-state index contributed by atoms with van der Waals surface area (Å²) in [5.74, 6) is 0.278. The lowest BCUT2D eigenvalue weighted by Gasteiger charge is -2.13. The molecule has 0 spiro atoms. The number of urea groups is 1. The average Bonchev–Trinajstić information content (AvgIpc) is 3.20. The Morgan fingerprint density at radius 2 is 1.82 bits per heavy atom. The van der Waals surface area contributed by atoms with E-state index in [1.165, 1.54) is 34.9 Å². The van der Waals surface area contributed by atoms with E-state index >= 15 is 0 Å². The summed E-state index contributed by atoms with van der Waals surface area (Å²) >= 11 is 6.87. The van der Waals surface area contributed by atoms with Crippen LogP contribution in [0.1, 0.15) is 11.4 Å². The van der Waals surface area contributed by atoms with Gasteiger partial charge in [0.2, 0.25) is 0 Å². The smallest absolute Gasteiger partial charge is 0.307 e. The topological polar surface area (TPSA) is 93.1 Å². The first-order valence-electron chi connectivity index (χ1n) is 9.49. The molecule has 0 bridgehead atoms. The first-order chi connectivity index (χ1) is 16.0. The number of fused-ring (bicyclic) bond motifs is 1. The molecule has 1 unspecified atom stereocenters. The lowest BCUT2D eigenvalue weighted by atomic mass is 10.1. The highest BCUT2D eigenvalue weighted by molar-refractivity contribution is 7.86. The molecule has 34 heavy (non-hydrogen) atoms. The Hall–Kier alpha value is -3.22. The molecule has 2 heterocycles. The van der Waals surface area contributed by atoms with Crippen molar-refractivity contribution in [1.29, 1.82) is 0 Å². The number of carbonyl (C=O) groups is 1. The molecule has 0 saturated heterocycles. The zero-order chi connectivity index (χ0) is 24.6. The van der Waals surface area contributed by atoms with Gasteiger partial charge < -0.3 is 5.32 Å². The van der Waals surface area contributed by atoms with E-state index in [0.29, 0.717) is 19.9 Å². The largest absolute Gasteiger partial charge is 0.416 e. The standard InChI is InChI=1S/C21H14ClF3N4O3S2/c1-11-26-16-7-2-12(21(23,24)25)10-15(16)19(30)29(11)14-5-3-13(4-6-14)27-20(31)28-34(32)18-9-8-17(22)33-18/h2-10H,1H3,(H2,27,28,31). The highest BCUT2D eigenvalue weighted by atomic mass is 35.5. The van der Waals surface area contributed by atoms with Crippen molar-refractivity contribution in [3.8, 4) is 5.69 Å². The van der Waals surface area contributed by atoms with Crippen LogP contribution in [0.15, 0.2) is 63.6 Å². The van der Waals surface area contributed by atoms with E-state index in [9.17, 15) is 27.0 Å². The SMILES string of the molecule is Cc1nc2ccc(C(F)(F)F)cc2c(=O)n1-c1ccc(NC(=O)NS(=O)c2ccc(Cl)s2)cc1. The van der Waals surface area contributed by atoms with Crippen LogP contribution in [0.5, 0.6) is 0 Å². The van der Waals surface area contributed by atoms with Crippen molar-refractivity contribution in [1.82, 2.24) is 14.3 Å². The third-order valence-corrected chi connectivity index (χ3v) is 7.27. The van der Waals surface area contributed by atoms with Gasteiger partial charge in [0.05, 0.1) is 26.5 Å². The number of amides is 2. The molecule has 2 N–H and O–H groups in total. The van der Waals surface area contributed by atoms with Crippen molar-refractivity contribution in [3.05, 3.63) is 80.7 Å². The number of aromatic nitrogens is 2. The number of benzene rings is 2. The summed E-state index contributed by atoms with van der Waals surface area (Å²) in [5, 5.41) is 2.34. The fourth-order valence-electron chi connectivity index (χ4n) is 3.16. The molecule has 2 aromatic heterocycles. The second-order valence-electron chi connectivity index (χ2n) is 6.96. The second-order valence-corrected chi connectivity index (χ2v) is 10.1. The van der Waals surface area contributed by atoms with Gasteiger partial charge in [0, 0.05) is 5.69 Å². The lowest BCUT2D eigenvalue weighted by molar-refractivity contribution is -0.137. The van der Waals surface area contributed by atoms with Crippen molar-refractivity contribution in [2.75, 3.05) is 5.32 Å². The Morgan fingerprint density at radius 1 is 1.12 bits per heavy atom. The first kappa shape index (κ1) is 23.9. The molecule has 0 saturated carbocycles. The van der Waals surface area contributed by atoms with Gasteiger partial charge in [0.15, 0.2) is 11.0 Å². The van der Waals surface area contributed by atoms with Crippen molar-refractivity contribution < 1.29 is 22.2 Å². The number of thiophene rings is 1.